The molecule has 2 heterocycles. The van der Waals surface area contributed by atoms with E-state index < -0.39 is 0 Å². The molecule has 0 radical (unpaired) electrons. The van der Waals surface area contributed by atoms with E-state index in [0.29, 0.717) is 6.61 Å². The average Bonchev–Trinajstić information content (AvgIpc) is 2.51. The van der Waals surface area contributed by atoms with Gasteiger partial charge in [-0.25, -0.2) is 0 Å². The van der Waals surface area contributed by atoms with E-state index in [2.05, 4.69) is 22.2 Å². The van der Waals surface area contributed by atoms with Crippen molar-refractivity contribution in [3.05, 3.63) is 54.1 Å². The second-order valence-electron chi connectivity index (χ2n) is 4.57. The zero-order valence-electron chi connectivity index (χ0n) is 11.9. The summed E-state index contributed by atoms with van der Waals surface area (Å²) in [6.45, 7) is 4.54. The van der Waals surface area contributed by atoms with Gasteiger partial charge in [-0.15, -0.1) is 0 Å². The minimum atomic E-state index is 0.714. The van der Waals surface area contributed by atoms with Crippen molar-refractivity contribution in [3.63, 3.8) is 0 Å². The molecule has 0 aliphatic carbocycles. The molecule has 0 aliphatic heterocycles. The van der Waals surface area contributed by atoms with E-state index in [1.807, 2.05) is 36.8 Å². The fourth-order valence-corrected chi connectivity index (χ4v) is 1.96. The zero-order valence-corrected chi connectivity index (χ0v) is 11.9. The van der Waals surface area contributed by atoms with Crippen molar-refractivity contribution in [3.8, 4) is 5.75 Å². The van der Waals surface area contributed by atoms with E-state index in [1.165, 1.54) is 5.56 Å². The Balaban J connectivity index is 1.79. The SMILES string of the molecule is CCNCc1cnccc1OCCCc1ccncc1. The molecule has 0 spiro atoms. The van der Waals surface area contributed by atoms with Crippen molar-refractivity contribution in [2.24, 2.45) is 0 Å². The highest BCUT2D eigenvalue weighted by Gasteiger charge is 2.03. The Bertz CT molecular complexity index is 502. The molecule has 0 amide bonds. The number of rotatable bonds is 8. The second kappa shape index (κ2) is 8.27. The molecule has 0 saturated heterocycles. The third kappa shape index (κ3) is 4.63. The molecule has 2 aromatic rings. The zero-order chi connectivity index (χ0) is 14.0. The molecule has 0 unspecified atom stereocenters. The van der Waals surface area contributed by atoms with E-state index in [-0.39, 0.29) is 0 Å². The molecule has 1 N–H and O–H groups in total. The highest BCUT2D eigenvalue weighted by molar-refractivity contribution is 5.29. The van der Waals surface area contributed by atoms with Gasteiger partial charge in [-0.1, -0.05) is 6.92 Å². The van der Waals surface area contributed by atoms with Crippen molar-refractivity contribution >= 4 is 0 Å². The van der Waals surface area contributed by atoms with E-state index >= 15 is 0 Å². The monoisotopic (exact) mass is 271 g/mol. The summed E-state index contributed by atoms with van der Waals surface area (Å²) in [7, 11) is 0. The maximum atomic E-state index is 5.86. The van der Waals surface area contributed by atoms with Gasteiger partial charge in [0, 0.05) is 36.9 Å². The number of aryl methyl sites for hydroxylation is 1. The van der Waals surface area contributed by atoms with Crippen LogP contribution in [0.15, 0.2) is 43.0 Å². The lowest BCUT2D eigenvalue weighted by atomic mass is 10.1. The molecular weight excluding hydrogens is 250 g/mol. The molecule has 2 aromatic heterocycles. The van der Waals surface area contributed by atoms with E-state index in [4.69, 9.17) is 4.74 Å². The van der Waals surface area contributed by atoms with E-state index in [9.17, 15) is 0 Å². The molecule has 0 aromatic carbocycles. The first-order valence-corrected chi connectivity index (χ1v) is 7.05. The Labute approximate surface area is 120 Å². The third-order valence-corrected chi connectivity index (χ3v) is 3.04. The smallest absolute Gasteiger partial charge is 0.126 e. The quantitative estimate of drug-likeness (QED) is 0.750. The Hall–Kier alpha value is -1.94. The number of ether oxygens (including phenoxy) is 1. The van der Waals surface area contributed by atoms with Crippen LogP contribution in [-0.2, 0) is 13.0 Å². The fourth-order valence-electron chi connectivity index (χ4n) is 1.96. The van der Waals surface area contributed by atoms with Crippen molar-refractivity contribution in [1.82, 2.24) is 15.3 Å². The largest absolute Gasteiger partial charge is 0.493 e. The summed E-state index contributed by atoms with van der Waals surface area (Å²) >= 11 is 0. The van der Waals surface area contributed by atoms with Crippen LogP contribution in [-0.4, -0.2) is 23.1 Å². The predicted octanol–water partition coefficient (Wildman–Crippen LogP) is 2.60. The van der Waals surface area contributed by atoms with Gasteiger partial charge in [-0.3, -0.25) is 9.97 Å². The Morgan fingerprint density at radius 3 is 2.70 bits per heavy atom. The molecule has 106 valence electrons. The Morgan fingerprint density at radius 2 is 1.90 bits per heavy atom. The maximum absolute atomic E-state index is 5.86. The first kappa shape index (κ1) is 14.5. The number of nitrogens with zero attached hydrogens (tertiary/aromatic N) is 2. The molecule has 0 bridgehead atoms. The van der Waals surface area contributed by atoms with Gasteiger partial charge in [0.25, 0.3) is 0 Å². The van der Waals surface area contributed by atoms with Crippen LogP contribution in [0.2, 0.25) is 0 Å². The summed E-state index contributed by atoms with van der Waals surface area (Å²) in [5, 5.41) is 3.29. The third-order valence-electron chi connectivity index (χ3n) is 3.04. The van der Waals surface area contributed by atoms with Crippen LogP contribution in [0.5, 0.6) is 5.75 Å². The molecule has 0 atom stereocenters. The van der Waals surface area contributed by atoms with Crippen LogP contribution in [0.25, 0.3) is 0 Å². The van der Waals surface area contributed by atoms with Crippen LogP contribution in [0, 0.1) is 0 Å². The van der Waals surface area contributed by atoms with E-state index in [1.54, 1.807) is 6.20 Å². The van der Waals surface area contributed by atoms with Gasteiger partial charge in [0.1, 0.15) is 5.75 Å². The first-order chi connectivity index (χ1) is 9.90. The van der Waals surface area contributed by atoms with Crippen LogP contribution >= 0.6 is 0 Å². The van der Waals surface area contributed by atoms with Crippen LogP contribution in [0.4, 0.5) is 0 Å². The Kier molecular flexibility index (Phi) is 5.99. The van der Waals surface area contributed by atoms with Gasteiger partial charge in [0.15, 0.2) is 0 Å². The van der Waals surface area contributed by atoms with Crippen molar-refractivity contribution < 1.29 is 4.74 Å². The minimum Gasteiger partial charge on any atom is -0.493 e. The molecule has 4 nitrogen and oxygen atoms in total. The van der Waals surface area contributed by atoms with Crippen LogP contribution < -0.4 is 10.1 Å². The number of aromatic nitrogens is 2. The average molecular weight is 271 g/mol. The predicted molar refractivity (Wildman–Crippen MR) is 79.7 cm³/mol. The standard InChI is InChI=1S/C16H21N3O/c1-2-17-12-15-13-19-10-7-16(15)20-11-3-4-14-5-8-18-9-6-14/h5-10,13,17H,2-4,11-12H2,1H3. The molecule has 4 heteroatoms. The highest BCUT2D eigenvalue weighted by Crippen LogP contribution is 2.16. The van der Waals surface area contributed by atoms with Crippen molar-refractivity contribution in [2.45, 2.75) is 26.3 Å². The van der Waals surface area contributed by atoms with E-state index in [0.717, 1.165) is 37.2 Å². The molecular formula is C16H21N3O. The second-order valence-corrected chi connectivity index (χ2v) is 4.57. The highest BCUT2D eigenvalue weighted by atomic mass is 16.5. The number of nitrogens with one attached hydrogen (secondary N) is 1. The molecule has 0 fully saturated rings. The van der Waals surface area contributed by atoms with Crippen LogP contribution in [0.3, 0.4) is 0 Å². The lowest BCUT2D eigenvalue weighted by Crippen LogP contribution is -2.13. The number of hydrogen-bond donors (Lipinski definition) is 1. The van der Waals surface area contributed by atoms with Gasteiger partial charge in [-0.05, 0) is 43.1 Å². The minimum absolute atomic E-state index is 0.714. The lowest BCUT2D eigenvalue weighted by Gasteiger charge is -2.11. The van der Waals surface area contributed by atoms with Gasteiger partial charge in [0.05, 0.1) is 6.61 Å². The van der Waals surface area contributed by atoms with Gasteiger partial charge in [0.2, 0.25) is 0 Å². The summed E-state index contributed by atoms with van der Waals surface area (Å²) in [6, 6.07) is 6.02. The summed E-state index contributed by atoms with van der Waals surface area (Å²) < 4.78 is 5.86. The number of hydrogen-bond acceptors (Lipinski definition) is 4. The van der Waals surface area contributed by atoms with Gasteiger partial charge < -0.3 is 10.1 Å². The lowest BCUT2D eigenvalue weighted by molar-refractivity contribution is 0.306. The molecule has 2 rings (SSSR count). The van der Waals surface area contributed by atoms with Gasteiger partial charge >= 0.3 is 0 Å². The summed E-state index contributed by atoms with van der Waals surface area (Å²) in [5.74, 6) is 0.927. The normalized spacial score (nSPS) is 10.4. The summed E-state index contributed by atoms with van der Waals surface area (Å²) in [6.07, 6.45) is 9.29. The maximum Gasteiger partial charge on any atom is 0.126 e. The van der Waals surface area contributed by atoms with Crippen LogP contribution in [0.1, 0.15) is 24.5 Å². The van der Waals surface area contributed by atoms with Gasteiger partial charge in [-0.2, -0.15) is 0 Å². The number of pyridine rings is 2. The first-order valence-electron chi connectivity index (χ1n) is 7.05. The Morgan fingerprint density at radius 1 is 1.10 bits per heavy atom. The van der Waals surface area contributed by atoms with Crippen molar-refractivity contribution in [1.29, 1.82) is 0 Å². The topological polar surface area (TPSA) is 47.0 Å². The fraction of sp³-hybridized carbons (Fsp3) is 0.375. The van der Waals surface area contributed by atoms with Crippen molar-refractivity contribution in [2.75, 3.05) is 13.2 Å². The molecule has 0 saturated carbocycles. The summed E-state index contributed by atoms with van der Waals surface area (Å²) in [4.78, 5) is 8.16. The molecule has 0 aliphatic rings. The molecule has 20 heavy (non-hydrogen) atoms. The summed E-state index contributed by atoms with van der Waals surface area (Å²) in [5.41, 5.74) is 2.41.